The number of benzene rings is 3. The Bertz CT molecular complexity index is 1080. The zero-order valence-corrected chi connectivity index (χ0v) is 17.6. The summed E-state index contributed by atoms with van der Waals surface area (Å²) in [5.41, 5.74) is 3.19. The third-order valence-electron chi connectivity index (χ3n) is 4.85. The number of rotatable bonds is 6. The normalized spacial score (nSPS) is 11.1. The van der Waals surface area contributed by atoms with E-state index in [1.165, 1.54) is 11.4 Å². The maximum absolute atomic E-state index is 12.8. The molecule has 0 bridgehead atoms. The molecule has 6 heteroatoms. The first kappa shape index (κ1) is 20.6. The Morgan fingerprint density at radius 1 is 0.793 bits per heavy atom. The van der Waals surface area contributed by atoms with Gasteiger partial charge in [-0.3, -0.25) is 9.10 Å². The number of aryl methyl sites for hydroxylation is 1. The molecule has 0 aliphatic heterocycles. The maximum atomic E-state index is 12.8. The number of para-hydroxylation sites is 1. The molecular formula is C23H24N2O3S. The quantitative estimate of drug-likeness (QED) is 0.619. The molecule has 3 aromatic rings. The number of hydrogen-bond acceptors (Lipinski definition) is 3. The number of nitrogens with zero attached hydrogens (tertiary/aromatic N) is 2. The van der Waals surface area contributed by atoms with Crippen LogP contribution >= 0.6 is 0 Å². The van der Waals surface area contributed by atoms with Gasteiger partial charge in [0.1, 0.15) is 0 Å². The molecule has 1 amide bonds. The highest BCUT2D eigenvalue weighted by Crippen LogP contribution is 2.23. The van der Waals surface area contributed by atoms with Crippen LogP contribution in [0.25, 0.3) is 0 Å². The van der Waals surface area contributed by atoms with Gasteiger partial charge in [-0.05, 0) is 48.9 Å². The van der Waals surface area contributed by atoms with Crippen LogP contribution in [-0.2, 0) is 21.2 Å². The summed E-state index contributed by atoms with van der Waals surface area (Å²) in [6, 6.07) is 23.2. The molecule has 5 nitrogen and oxygen atoms in total. The van der Waals surface area contributed by atoms with Crippen LogP contribution in [0.4, 0.5) is 11.4 Å². The van der Waals surface area contributed by atoms with Crippen LogP contribution in [-0.4, -0.2) is 28.4 Å². The molecule has 0 spiro atoms. The Hall–Kier alpha value is -3.12. The summed E-state index contributed by atoms with van der Waals surface area (Å²) >= 11 is 0. The van der Waals surface area contributed by atoms with Crippen LogP contribution in [0.2, 0.25) is 0 Å². The Balaban J connectivity index is 1.72. The molecule has 0 atom stereocenters. The summed E-state index contributed by atoms with van der Waals surface area (Å²) in [4.78, 5) is 14.4. The van der Waals surface area contributed by atoms with E-state index in [4.69, 9.17) is 0 Å². The van der Waals surface area contributed by atoms with Gasteiger partial charge in [0, 0.05) is 19.8 Å². The van der Waals surface area contributed by atoms with E-state index >= 15 is 0 Å². The molecule has 0 radical (unpaired) electrons. The predicted octanol–water partition coefficient (Wildman–Crippen LogP) is 4.03. The van der Waals surface area contributed by atoms with Crippen LogP contribution in [0, 0.1) is 6.92 Å². The molecule has 0 fully saturated rings. The van der Waals surface area contributed by atoms with Crippen molar-refractivity contribution in [2.45, 2.75) is 18.2 Å². The number of anilines is 2. The number of sulfonamides is 1. The fourth-order valence-electron chi connectivity index (χ4n) is 2.92. The Morgan fingerprint density at radius 2 is 1.38 bits per heavy atom. The molecule has 0 aromatic heterocycles. The van der Waals surface area contributed by atoms with Crippen molar-refractivity contribution >= 4 is 27.3 Å². The van der Waals surface area contributed by atoms with Crippen molar-refractivity contribution in [2.75, 3.05) is 23.3 Å². The van der Waals surface area contributed by atoms with Gasteiger partial charge in [0.25, 0.3) is 10.0 Å². The molecule has 0 saturated carbocycles. The summed E-state index contributed by atoms with van der Waals surface area (Å²) in [6.45, 7) is 1.91. The van der Waals surface area contributed by atoms with Crippen molar-refractivity contribution in [2.24, 2.45) is 0 Å². The van der Waals surface area contributed by atoms with Crippen LogP contribution in [0.3, 0.4) is 0 Å². The van der Waals surface area contributed by atoms with E-state index in [0.717, 1.165) is 16.8 Å². The van der Waals surface area contributed by atoms with E-state index < -0.39 is 10.0 Å². The van der Waals surface area contributed by atoms with Gasteiger partial charge in [-0.1, -0.05) is 48.0 Å². The van der Waals surface area contributed by atoms with Crippen molar-refractivity contribution in [3.8, 4) is 0 Å². The molecule has 0 heterocycles. The predicted molar refractivity (Wildman–Crippen MR) is 117 cm³/mol. The molecule has 150 valence electrons. The molecule has 29 heavy (non-hydrogen) atoms. The van der Waals surface area contributed by atoms with Gasteiger partial charge in [-0.15, -0.1) is 0 Å². The molecular weight excluding hydrogens is 384 g/mol. The standard InChI is InChI=1S/C23H24N2O3S/c1-18-9-15-22(16-10-18)29(27,28)25(3)21-13-11-19(12-14-21)17-23(26)24(2)20-7-5-4-6-8-20/h4-16H,17H2,1-3H3. The van der Waals surface area contributed by atoms with Crippen molar-refractivity contribution in [3.05, 3.63) is 90.0 Å². The molecule has 3 aromatic carbocycles. The fourth-order valence-corrected chi connectivity index (χ4v) is 4.12. The molecule has 0 saturated heterocycles. The molecule has 0 N–H and O–H groups in total. The van der Waals surface area contributed by atoms with Gasteiger partial charge in [0.2, 0.25) is 5.91 Å². The van der Waals surface area contributed by atoms with Gasteiger partial charge in [-0.25, -0.2) is 8.42 Å². The summed E-state index contributed by atoms with van der Waals surface area (Å²) < 4.78 is 26.9. The minimum atomic E-state index is -3.64. The third-order valence-corrected chi connectivity index (χ3v) is 6.65. The number of hydrogen-bond donors (Lipinski definition) is 0. The third kappa shape index (κ3) is 4.66. The summed E-state index contributed by atoms with van der Waals surface area (Å²) in [5.74, 6) is -0.0374. The average Bonchev–Trinajstić information content (AvgIpc) is 2.74. The summed E-state index contributed by atoms with van der Waals surface area (Å²) in [6.07, 6.45) is 0.236. The van der Waals surface area contributed by atoms with Crippen molar-refractivity contribution < 1.29 is 13.2 Å². The van der Waals surface area contributed by atoms with E-state index in [-0.39, 0.29) is 17.2 Å². The fraction of sp³-hybridized carbons (Fsp3) is 0.174. The molecule has 0 aliphatic rings. The van der Waals surface area contributed by atoms with E-state index in [2.05, 4.69) is 0 Å². The Kier molecular flexibility index (Phi) is 6.03. The highest BCUT2D eigenvalue weighted by molar-refractivity contribution is 7.92. The zero-order valence-electron chi connectivity index (χ0n) is 16.7. The van der Waals surface area contributed by atoms with Gasteiger partial charge < -0.3 is 4.90 Å². The zero-order chi connectivity index (χ0) is 21.0. The summed E-state index contributed by atoms with van der Waals surface area (Å²) in [7, 11) is -0.366. The number of carbonyl (C=O) groups is 1. The first-order valence-electron chi connectivity index (χ1n) is 9.25. The van der Waals surface area contributed by atoms with Gasteiger partial charge in [0.15, 0.2) is 0 Å². The summed E-state index contributed by atoms with van der Waals surface area (Å²) in [5, 5.41) is 0. The average molecular weight is 409 g/mol. The van der Waals surface area contributed by atoms with E-state index in [1.807, 2.05) is 37.3 Å². The number of carbonyl (C=O) groups excluding carboxylic acids is 1. The highest BCUT2D eigenvalue weighted by atomic mass is 32.2. The highest BCUT2D eigenvalue weighted by Gasteiger charge is 2.21. The van der Waals surface area contributed by atoms with Crippen molar-refractivity contribution in [1.29, 1.82) is 0 Å². The van der Waals surface area contributed by atoms with Crippen LogP contribution in [0.1, 0.15) is 11.1 Å². The van der Waals surface area contributed by atoms with E-state index in [0.29, 0.717) is 5.69 Å². The van der Waals surface area contributed by atoms with Crippen LogP contribution < -0.4 is 9.21 Å². The van der Waals surface area contributed by atoms with E-state index in [1.54, 1.807) is 60.5 Å². The first-order valence-corrected chi connectivity index (χ1v) is 10.7. The second kappa shape index (κ2) is 8.49. The lowest BCUT2D eigenvalue weighted by molar-refractivity contribution is -0.117. The topological polar surface area (TPSA) is 57.7 Å². The molecule has 0 unspecified atom stereocenters. The van der Waals surface area contributed by atoms with Gasteiger partial charge in [0.05, 0.1) is 17.0 Å². The van der Waals surface area contributed by atoms with Crippen LogP contribution in [0.5, 0.6) is 0 Å². The molecule has 3 rings (SSSR count). The Morgan fingerprint density at radius 3 is 1.97 bits per heavy atom. The van der Waals surface area contributed by atoms with Gasteiger partial charge >= 0.3 is 0 Å². The number of likely N-dealkylation sites (N-methyl/N-ethyl adjacent to an activating group) is 1. The monoisotopic (exact) mass is 408 g/mol. The Labute approximate surface area is 172 Å². The lowest BCUT2D eigenvalue weighted by Crippen LogP contribution is -2.28. The minimum absolute atomic E-state index is 0.0374. The molecule has 0 aliphatic carbocycles. The SMILES string of the molecule is Cc1ccc(S(=O)(=O)N(C)c2ccc(CC(=O)N(C)c3ccccc3)cc2)cc1. The van der Waals surface area contributed by atoms with Crippen molar-refractivity contribution in [3.63, 3.8) is 0 Å². The lowest BCUT2D eigenvalue weighted by atomic mass is 10.1. The number of amides is 1. The minimum Gasteiger partial charge on any atom is -0.315 e. The first-order chi connectivity index (χ1) is 13.8. The second-order valence-electron chi connectivity index (χ2n) is 6.92. The van der Waals surface area contributed by atoms with E-state index in [9.17, 15) is 13.2 Å². The smallest absolute Gasteiger partial charge is 0.264 e. The second-order valence-corrected chi connectivity index (χ2v) is 8.89. The lowest BCUT2D eigenvalue weighted by Gasteiger charge is -2.20. The maximum Gasteiger partial charge on any atom is 0.264 e. The largest absolute Gasteiger partial charge is 0.315 e. The van der Waals surface area contributed by atoms with Crippen molar-refractivity contribution in [1.82, 2.24) is 0 Å². The van der Waals surface area contributed by atoms with Gasteiger partial charge in [-0.2, -0.15) is 0 Å². The van der Waals surface area contributed by atoms with Crippen LogP contribution in [0.15, 0.2) is 83.8 Å².